The predicted octanol–water partition coefficient (Wildman–Crippen LogP) is 3.07. The van der Waals surface area contributed by atoms with Crippen LogP contribution in [-0.2, 0) is 12.8 Å². The number of aromatic amines is 1. The first kappa shape index (κ1) is 14.6. The molecule has 5 heteroatoms. The maximum Gasteiger partial charge on any atom is 0.248 e. The Bertz CT molecular complexity index is 1040. The topological polar surface area (TPSA) is 61.9 Å². The molecule has 1 N–H and O–H groups in total. The quantitative estimate of drug-likeness (QED) is 0.783. The van der Waals surface area contributed by atoms with E-state index in [2.05, 4.69) is 28.9 Å². The highest BCUT2D eigenvalue weighted by Crippen LogP contribution is 2.34. The Hall–Kier alpha value is -2.69. The molecule has 1 saturated heterocycles. The second-order valence-corrected chi connectivity index (χ2v) is 7.11. The molecule has 0 spiro atoms. The molecular weight excluding hydrogens is 312 g/mol. The summed E-state index contributed by atoms with van der Waals surface area (Å²) in [4.78, 5) is 26.5. The summed E-state index contributed by atoms with van der Waals surface area (Å²) in [6.07, 6.45) is 4.45. The van der Waals surface area contributed by atoms with Gasteiger partial charge in [-0.25, -0.2) is 9.97 Å². The Labute approximate surface area is 145 Å². The van der Waals surface area contributed by atoms with Crippen molar-refractivity contribution in [2.24, 2.45) is 0 Å². The summed E-state index contributed by atoms with van der Waals surface area (Å²) in [5.74, 6) is 0.871. The van der Waals surface area contributed by atoms with Crippen molar-refractivity contribution in [1.82, 2.24) is 15.0 Å². The van der Waals surface area contributed by atoms with Crippen LogP contribution in [0.5, 0.6) is 0 Å². The number of H-pyrrole nitrogens is 1. The van der Waals surface area contributed by atoms with Crippen LogP contribution in [0.2, 0.25) is 0 Å². The third-order valence-electron chi connectivity index (χ3n) is 5.50. The molecule has 1 aromatic carbocycles. The van der Waals surface area contributed by atoms with Gasteiger partial charge < -0.3 is 9.88 Å². The summed E-state index contributed by atoms with van der Waals surface area (Å²) >= 11 is 0. The molecule has 1 unspecified atom stereocenters. The number of anilines is 1. The summed E-state index contributed by atoms with van der Waals surface area (Å²) in [6, 6.07) is 10.1. The molecule has 0 saturated carbocycles. The third-order valence-corrected chi connectivity index (χ3v) is 5.50. The number of nitrogens with one attached hydrogen (secondary N) is 1. The molecule has 5 rings (SSSR count). The van der Waals surface area contributed by atoms with Gasteiger partial charge in [0.05, 0.1) is 5.69 Å². The van der Waals surface area contributed by atoms with Crippen LogP contribution in [0, 0.1) is 0 Å². The standard InChI is InChI=1S/C20H20N4O/c1-12-9-10-24(12)20-22-17-4-2-3-15(17)19(23-20)14-5-7-16-13(11-14)6-8-18(25)21-16/h5-8,11-12H,2-4,9-10H2,1H3,(H,21,25). The summed E-state index contributed by atoms with van der Waals surface area (Å²) in [7, 11) is 0. The van der Waals surface area contributed by atoms with E-state index in [1.807, 2.05) is 12.1 Å². The summed E-state index contributed by atoms with van der Waals surface area (Å²) < 4.78 is 0. The van der Waals surface area contributed by atoms with Gasteiger partial charge in [0.15, 0.2) is 0 Å². The molecule has 1 fully saturated rings. The zero-order valence-corrected chi connectivity index (χ0v) is 14.2. The maximum atomic E-state index is 11.5. The lowest BCUT2D eigenvalue weighted by Gasteiger charge is -2.39. The van der Waals surface area contributed by atoms with Gasteiger partial charge in [0.25, 0.3) is 0 Å². The number of aromatic nitrogens is 3. The number of fused-ring (bicyclic) bond motifs is 2. The van der Waals surface area contributed by atoms with Gasteiger partial charge in [0, 0.05) is 41.0 Å². The van der Waals surface area contributed by atoms with Crippen LogP contribution >= 0.6 is 0 Å². The Morgan fingerprint density at radius 1 is 1.16 bits per heavy atom. The van der Waals surface area contributed by atoms with Crippen LogP contribution in [0.4, 0.5) is 5.95 Å². The van der Waals surface area contributed by atoms with E-state index >= 15 is 0 Å². The highest BCUT2D eigenvalue weighted by atomic mass is 16.1. The molecule has 3 aromatic rings. The van der Waals surface area contributed by atoms with Crippen molar-refractivity contribution in [3.63, 3.8) is 0 Å². The second kappa shape index (κ2) is 5.41. The Morgan fingerprint density at radius 2 is 2.08 bits per heavy atom. The van der Waals surface area contributed by atoms with Crippen LogP contribution in [-0.4, -0.2) is 27.5 Å². The van der Waals surface area contributed by atoms with E-state index in [4.69, 9.17) is 9.97 Å². The lowest BCUT2D eigenvalue weighted by Crippen LogP contribution is -2.46. The van der Waals surface area contributed by atoms with Crippen molar-refractivity contribution in [3.05, 3.63) is 51.9 Å². The van der Waals surface area contributed by atoms with Crippen molar-refractivity contribution >= 4 is 16.9 Å². The summed E-state index contributed by atoms with van der Waals surface area (Å²) in [5.41, 5.74) is 5.45. The monoisotopic (exact) mass is 332 g/mol. The SMILES string of the molecule is CC1CCN1c1nc2c(c(-c3ccc4[nH]c(=O)ccc4c3)n1)CCC2. The van der Waals surface area contributed by atoms with Crippen LogP contribution in [0.3, 0.4) is 0 Å². The van der Waals surface area contributed by atoms with E-state index in [1.54, 1.807) is 6.07 Å². The highest BCUT2D eigenvalue weighted by molar-refractivity contribution is 5.84. The minimum absolute atomic E-state index is 0.0720. The van der Waals surface area contributed by atoms with E-state index in [9.17, 15) is 4.79 Å². The van der Waals surface area contributed by atoms with Crippen molar-refractivity contribution in [3.8, 4) is 11.3 Å². The average Bonchev–Trinajstić information content (AvgIpc) is 3.08. The van der Waals surface area contributed by atoms with Crippen molar-refractivity contribution in [2.45, 2.75) is 38.6 Å². The van der Waals surface area contributed by atoms with Gasteiger partial charge in [-0.2, -0.15) is 0 Å². The van der Waals surface area contributed by atoms with Gasteiger partial charge in [0.1, 0.15) is 0 Å². The van der Waals surface area contributed by atoms with Gasteiger partial charge in [-0.3, -0.25) is 4.79 Å². The van der Waals surface area contributed by atoms with E-state index < -0.39 is 0 Å². The molecule has 2 aliphatic rings. The molecule has 25 heavy (non-hydrogen) atoms. The van der Waals surface area contributed by atoms with Crippen LogP contribution in [0.15, 0.2) is 35.1 Å². The number of rotatable bonds is 2. The normalized spacial score (nSPS) is 19.1. The van der Waals surface area contributed by atoms with E-state index in [0.717, 1.165) is 53.9 Å². The fraction of sp³-hybridized carbons (Fsp3) is 0.350. The highest BCUT2D eigenvalue weighted by Gasteiger charge is 2.29. The Kier molecular flexibility index (Phi) is 3.17. The molecule has 1 aliphatic carbocycles. The minimum Gasteiger partial charge on any atom is -0.338 e. The Balaban J connectivity index is 1.68. The average molecular weight is 332 g/mol. The number of hydrogen-bond donors (Lipinski definition) is 1. The first-order chi connectivity index (χ1) is 12.2. The predicted molar refractivity (Wildman–Crippen MR) is 99.0 cm³/mol. The summed E-state index contributed by atoms with van der Waals surface area (Å²) in [5, 5.41) is 1.03. The molecule has 1 atom stereocenters. The molecule has 2 aromatic heterocycles. The zero-order chi connectivity index (χ0) is 17.0. The molecular formula is C20H20N4O. The largest absolute Gasteiger partial charge is 0.338 e. The van der Waals surface area contributed by atoms with Crippen LogP contribution < -0.4 is 10.5 Å². The minimum atomic E-state index is -0.0720. The molecule has 5 nitrogen and oxygen atoms in total. The molecule has 0 bridgehead atoms. The van der Waals surface area contributed by atoms with Gasteiger partial charge in [-0.1, -0.05) is 6.07 Å². The number of nitrogens with zero attached hydrogens (tertiary/aromatic N) is 3. The van der Waals surface area contributed by atoms with Gasteiger partial charge in [-0.15, -0.1) is 0 Å². The number of benzene rings is 1. The first-order valence-electron chi connectivity index (χ1n) is 8.99. The molecule has 0 radical (unpaired) electrons. The fourth-order valence-corrected chi connectivity index (χ4v) is 3.90. The number of pyridine rings is 1. The second-order valence-electron chi connectivity index (χ2n) is 7.11. The van der Waals surface area contributed by atoms with Gasteiger partial charge in [0.2, 0.25) is 11.5 Å². The van der Waals surface area contributed by atoms with Crippen LogP contribution in [0.1, 0.15) is 31.0 Å². The van der Waals surface area contributed by atoms with Gasteiger partial charge in [-0.05, 0) is 56.2 Å². The zero-order valence-electron chi connectivity index (χ0n) is 14.2. The van der Waals surface area contributed by atoms with E-state index in [0.29, 0.717) is 6.04 Å². The van der Waals surface area contributed by atoms with Crippen molar-refractivity contribution in [2.75, 3.05) is 11.4 Å². The smallest absolute Gasteiger partial charge is 0.248 e. The molecule has 3 heterocycles. The third kappa shape index (κ3) is 2.34. The number of hydrogen-bond acceptors (Lipinski definition) is 4. The lowest BCUT2D eigenvalue weighted by atomic mass is 10.0. The fourth-order valence-electron chi connectivity index (χ4n) is 3.90. The molecule has 0 amide bonds. The maximum absolute atomic E-state index is 11.5. The molecule has 1 aliphatic heterocycles. The molecule has 126 valence electrons. The van der Waals surface area contributed by atoms with E-state index in [-0.39, 0.29) is 5.56 Å². The Morgan fingerprint density at radius 3 is 2.88 bits per heavy atom. The van der Waals surface area contributed by atoms with Crippen molar-refractivity contribution < 1.29 is 0 Å². The summed E-state index contributed by atoms with van der Waals surface area (Å²) in [6.45, 7) is 3.27. The van der Waals surface area contributed by atoms with Gasteiger partial charge >= 0.3 is 0 Å². The van der Waals surface area contributed by atoms with E-state index in [1.165, 1.54) is 17.7 Å². The number of aryl methyl sites for hydroxylation is 1. The van der Waals surface area contributed by atoms with Crippen molar-refractivity contribution in [1.29, 1.82) is 0 Å². The van der Waals surface area contributed by atoms with Crippen LogP contribution in [0.25, 0.3) is 22.2 Å². The lowest BCUT2D eigenvalue weighted by molar-refractivity contribution is 0.470. The first-order valence-corrected chi connectivity index (χ1v) is 8.99.